The van der Waals surface area contributed by atoms with Crippen LogP contribution in [-0.2, 0) is 25.5 Å². The average Bonchev–Trinajstić information content (AvgIpc) is 2.72. The number of benzene rings is 1. The van der Waals surface area contributed by atoms with Gasteiger partial charge in [0.2, 0.25) is 20.0 Å². The maximum Gasteiger partial charge on any atom is 0.257 e. The first-order chi connectivity index (χ1) is 15.7. The average molecular weight is 503 g/mol. The van der Waals surface area contributed by atoms with Crippen LogP contribution in [0.3, 0.4) is 0 Å². The summed E-state index contributed by atoms with van der Waals surface area (Å²) in [6, 6.07) is 11.6. The van der Waals surface area contributed by atoms with Gasteiger partial charge in [-0.1, -0.05) is 32.9 Å². The van der Waals surface area contributed by atoms with Gasteiger partial charge in [0.15, 0.2) is 0 Å². The molecular formula is C23H26N4O5S2. The zero-order chi connectivity index (χ0) is 25.3. The van der Waals surface area contributed by atoms with Crippen LogP contribution < -0.4 is 9.03 Å². The van der Waals surface area contributed by atoms with Crippen LogP contribution >= 0.6 is 0 Å². The molecule has 3 rings (SSSR count). The molecule has 0 atom stereocenters. The Morgan fingerprint density at radius 1 is 0.912 bits per heavy atom. The van der Waals surface area contributed by atoms with E-state index in [0.717, 1.165) is 18.1 Å². The minimum Gasteiger partial charge on any atom is -0.322 e. The molecule has 0 spiro atoms. The molecule has 0 aliphatic heterocycles. The highest BCUT2D eigenvalue weighted by Crippen LogP contribution is 2.34. The highest BCUT2D eigenvalue weighted by molar-refractivity contribution is 8.09. The highest BCUT2D eigenvalue weighted by atomic mass is 32.3. The third-order valence-electron chi connectivity index (χ3n) is 4.92. The van der Waals surface area contributed by atoms with E-state index in [1.807, 2.05) is 12.1 Å². The van der Waals surface area contributed by atoms with E-state index in [1.165, 1.54) is 36.8 Å². The van der Waals surface area contributed by atoms with Gasteiger partial charge in [-0.2, -0.15) is 3.71 Å². The van der Waals surface area contributed by atoms with Crippen LogP contribution in [0.2, 0.25) is 0 Å². The van der Waals surface area contributed by atoms with E-state index in [9.17, 15) is 21.6 Å². The molecule has 2 aromatic heterocycles. The Bertz CT molecular complexity index is 1400. The Morgan fingerprint density at radius 2 is 1.53 bits per heavy atom. The zero-order valence-corrected chi connectivity index (χ0v) is 21.1. The lowest BCUT2D eigenvalue weighted by atomic mass is 9.87. The fourth-order valence-corrected chi connectivity index (χ4v) is 6.37. The second-order valence-electron chi connectivity index (χ2n) is 8.80. The van der Waals surface area contributed by atoms with Crippen LogP contribution in [-0.4, -0.2) is 45.2 Å². The smallest absolute Gasteiger partial charge is 0.257 e. The summed E-state index contributed by atoms with van der Waals surface area (Å²) in [4.78, 5) is 21.4. The van der Waals surface area contributed by atoms with Gasteiger partial charge in [-0.3, -0.25) is 14.8 Å². The molecule has 0 fully saturated rings. The third kappa shape index (κ3) is 5.60. The molecule has 1 N–H and O–H groups in total. The molecule has 0 unspecified atom stereocenters. The van der Waals surface area contributed by atoms with Crippen molar-refractivity contribution < 1.29 is 21.6 Å². The minimum absolute atomic E-state index is 0.00832. The molecule has 1 amide bonds. The number of pyridine rings is 2. The molecule has 2 heterocycles. The van der Waals surface area contributed by atoms with E-state index in [4.69, 9.17) is 0 Å². The van der Waals surface area contributed by atoms with Crippen LogP contribution in [0.5, 0.6) is 0 Å². The lowest BCUT2D eigenvalue weighted by Crippen LogP contribution is -2.35. The number of nitrogens with one attached hydrogen (secondary N) is 1. The first kappa shape index (κ1) is 25.3. The first-order valence-electron chi connectivity index (χ1n) is 10.2. The van der Waals surface area contributed by atoms with Gasteiger partial charge < -0.3 is 5.32 Å². The molecule has 0 aliphatic carbocycles. The Hall–Kier alpha value is -3.31. The van der Waals surface area contributed by atoms with E-state index in [-0.39, 0.29) is 27.9 Å². The van der Waals surface area contributed by atoms with Crippen molar-refractivity contribution >= 4 is 37.3 Å². The third-order valence-corrected chi connectivity index (χ3v) is 8.14. The lowest BCUT2D eigenvalue weighted by molar-refractivity contribution is 0.102. The van der Waals surface area contributed by atoms with Gasteiger partial charge in [0.05, 0.1) is 29.5 Å². The molecule has 0 saturated carbocycles. The van der Waals surface area contributed by atoms with Crippen molar-refractivity contribution in [2.24, 2.45) is 0 Å². The summed E-state index contributed by atoms with van der Waals surface area (Å²) in [6.07, 6.45) is 5.68. The molecule has 180 valence electrons. The maximum atomic E-state index is 13.1. The number of hydrogen-bond acceptors (Lipinski definition) is 7. The number of carbonyl (C=O) groups is 1. The predicted molar refractivity (Wildman–Crippen MR) is 133 cm³/mol. The number of amides is 1. The fraction of sp³-hybridized carbons (Fsp3) is 0.261. The Morgan fingerprint density at radius 3 is 2.09 bits per heavy atom. The molecular weight excluding hydrogens is 476 g/mol. The van der Waals surface area contributed by atoms with E-state index in [2.05, 4.69) is 36.1 Å². The summed E-state index contributed by atoms with van der Waals surface area (Å²) in [7, 11) is -8.43. The lowest BCUT2D eigenvalue weighted by Gasteiger charge is -2.22. The number of anilines is 2. The summed E-state index contributed by atoms with van der Waals surface area (Å²) in [5, 5.41) is 2.80. The fourth-order valence-electron chi connectivity index (χ4n) is 3.39. The predicted octanol–water partition coefficient (Wildman–Crippen LogP) is 3.42. The van der Waals surface area contributed by atoms with Gasteiger partial charge in [0, 0.05) is 29.8 Å². The Kier molecular flexibility index (Phi) is 6.81. The molecule has 0 saturated heterocycles. The van der Waals surface area contributed by atoms with Crippen molar-refractivity contribution in [2.45, 2.75) is 26.2 Å². The zero-order valence-electron chi connectivity index (χ0n) is 19.5. The van der Waals surface area contributed by atoms with Crippen LogP contribution in [0.15, 0.2) is 61.1 Å². The van der Waals surface area contributed by atoms with Crippen LogP contribution in [0.4, 0.5) is 11.4 Å². The van der Waals surface area contributed by atoms with E-state index in [1.54, 1.807) is 12.1 Å². The van der Waals surface area contributed by atoms with Crippen molar-refractivity contribution in [3.05, 3.63) is 72.2 Å². The molecule has 1 aromatic carbocycles. The topological polar surface area (TPSA) is 126 Å². The minimum atomic E-state index is -4.21. The summed E-state index contributed by atoms with van der Waals surface area (Å²) in [6.45, 7) is 6.26. The van der Waals surface area contributed by atoms with Crippen molar-refractivity contribution in [3.8, 4) is 11.3 Å². The van der Waals surface area contributed by atoms with Crippen LogP contribution in [0, 0.1) is 0 Å². The SMILES string of the molecule is CC(C)(C)c1ccc(NC(=O)c2cnccc2-c2ncccc2N(S(C)(=O)=O)S(C)(=O)=O)cc1. The molecule has 3 aromatic rings. The van der Waals surface area contributed by atoms with Gasteiger partial charge in [0.25, 0.3) is 5.91 Å². The number of hydrogen-bond donors (Lipinski definition) is 1. The number of rotatable bonds is 6. The van der Waals surface area contributed by atoms with Crippen molar-refractivity contribution in [1.82, 2.24) is 9.97 Å². The molecule has 0 bridgehead atoms. The monoisotopic (exact) mass is 502 g/mol. The standard InChI is InChI=1S/C23H26N4O5S2/c1-23(2,3)16-8-10-17(11-9-16)26-22(28)19-15-24-14-12-18(19)21-20(7-6-13-25-21)27(33(4,29)30)34(5,31)32/h6-15H,1-5H3,(H,26,28). The Labute approximate surface area is 200 Å². The van der Waals surface area contributed by atoms with Crippen LogP contribution in [0.25, 0.3) is 11.3 Å². The summed E-state index contributed by atoms with van der Waals surface area (Å²) in [5.74, 6) is -0.506. The molecule has 0 aliphatic rings. The normalized spacial score (nSPS) is 12.3. The summed E-state index contributed by atoms with van der Waals surface area (Å²) >= 11 is 0. The van der Waals surface area contributed by atoms with Crippen molar-refractivity contribution in [3.63, 3.8) is 0 Å². The van der Waals surface area contributed by atoms with E-state index >= 15 is 0 Å². The molecule has 9 nitrogen and oxygen atoms in total. The second kappa shape index (κ2) is 9.15. The number of sulfonamides is 2. The number of carbonyl (C=O) groups excluding carboxylic acids is 1. The largest absolute Gasteiger partial charge is 0.322 e. The van der Waals surface area contributed by atoms with Crippen molar-refractivity contribution in [1.29, 1.82) is 0 Å². The van der Waals surface area contributed by atoms with Gasteiger partial charge >= 0.3 is 0 Å². The second-order valence-corrected chi connectivity index (χ2v) is 12.7. The first-order valence-corrected chi connectivity index (χ1v) is 13.9. The molecule has 0 radical (unpaired) electrons. The quantitative estimate of drug-likeness (QED) is 0.547. The molecule has 11 heteroatoms. The van der Waals surface area contributed by atoms with Crippen LogP contribution in [0.1, 0.15) is 36.7 Å². The number of aromatic nitrogens is 2. The van der Waals surface area contributed by atoms with Gasteiger partial charge in [0.1, 0.15) is 0 Å². The molecule has 34 heavy (non-hydrogen) atoms. The summed E-state index contributed by atoms with van der Waals surface area (Å²) < 4.78 is 49.7. The van der Waals surface area contributed by atoms with E-state index in [0.29, 0.717) is 9.40 Å². The van der Waals surface area contributed by atoms with Crippen molar-refractivity contribution in [2.75, 3.05) is 21.5 Å². The Balaban J connectivity index is 2.07. The van der Waals surface area contributed by atoms with Gasteiger partial charge in [-0.15, -0.1) is 0 Å². The summed E-state index contributed by atoms with van der Waals surface area (Å²) in [5.41, 5.74) is 1.77. The highest BCUT2D eigenvalue weighted by Gasteiger charge is 2.31. The van der Waals surface area contributed by atoms with Gasteiger partial charge in [-0.25, -0.2) is 16.8 Å². The van der Waals surface area contributed by atoms with Gasteiger partial charge in [-0.05, 0) is 41.3 Å². The van der Waals surface area contributed by atoms with E-state index < -0.39 is 26.0 Å². The number of nitrogens with zero attached hydrogens (tertiary/aromatic N) is 3. The maximum absolute atomic E-state index is 13.1.